The molecule has 0 amide bonds. The van der Waals surface area contributed by atoms with Crippen molar-refractivity contribution < 1.29 is 9.53 Å². The quantitative estimate of drug-likeness (QED) is 0.472. The molecule has 0 aliphatic carbocycles. The lowest BCUT2D eigenvalue weighted by atomic mass is 10.1. The van der Waals surface area contributed by atoms with Crippen molar-refractivity contribution in [3.63, 3.8) is 0 Å². The van der Waals surface area contributed by atoms with Gasteiger partial charge in [0.15, 0.2) is 5.78 Å². The lowest BCUT2D eigenvalue weighted by Crippen LogP contribution is -2.31. The van der Waals surface area contributed by atoms with Gasteiger partial charge in [-0.1, -0.05) is 48.1 Å². The zero-order valence-corrected chi connectivity index (χ0v) is 12.4. The summed E-state index contributed by atoms with van der Waals surface area (Å²) >= 11 is 0. The minimum absolute atomic E-state index is 0.0248. The van der Waals surface area contributed by atoms with Crippen LogP contribution in [0.5, 0.6) is 0 Å². The van der Waals surface area contributed by atoms with Crippen molar-refractivity contribution in [2.45, 2.75) is 6.92 Å². The molecule has 1 aliphatic heterocycles. The predicted octanol–water partition coefficient (Wildman–Crippen LogP) is 3.14. The summed E-state index contributed by atoms with van der Waals surface area (Å²) < 4.78 is 5.28. The smallest absolute Gasteiger partial charge is 0.185 e. The number of allylic oxidation sites excluding steroid dienone is 5. The van der Waals surface area contributed by atoms with Crippen LogP contribution in [-0.2, 0) is 4.74 Å². The normalized spacial score (nSPS) is 16.3. The number of ketones is 1. The van der Waals surface area contributed by atoms with Crippen LogP contribution in [0, 0.1) is 6.92 Å². The molecule has 1 aliphatic rings. The van der Waals surface area contributed by atoms with E-state index in [1.807, 2.05) is 49.4 Å². The van der Waals surface area contributed by atoms with Gasteiger partial charge in [0.1, 0.15) is 0 Å². The number of ether oxygens (including phenoxy) is 1. The maximum Gasteiger partial charge on any atom is 0.185 e. The van der Waals surface area contributed by atoms with E-state index in [-0.39, 0.29) is 5.78 Å². The number of nitrogens with zero attached hydrogens (tertiary/aromatic N) is 1. The number of hydrogen-bond acceptors (Lipinski definition) is 3. The van der Waals surface area contributed by atoms with Crippen molar-refractivity contribution in [1.82, 2.24) is 4.90 Å². The highest BCUT2D eigenvalue weighted by Crippen LogP contribution is 2.04. The summed E-state index contributed by atoms with van der Waals surface area (Å²) in [4.78, 5) is 14.1. The molecule has 2 rings (SSSR count). The second-order valence-corrected chi connectivity index (χ2v) is 4.96. The summed E-state index contributed by atoms with van der Waals surface area (Å²) in [7, 11) is 0. The van der Waals surface area contributed by atoms with Gasteiger partial charge in [0, 0.05) is 18.7 Å². The SMILES string of the molecule is Cc1ccc(C(=O)C=CC=CC=CN2CCOCC2)cc1. The fourth-order valence-corrected chi connectivity index (χ4v) is 1.98. The summed E-state index contributed by atoms with van der Waals surface area (Å²) in [5.74, 6) is 0.0248. The summed E-state index contributed by atoms with van der Waals surface area (Å²) in [6, 6.07) is 7.60. The second kappa shape index (κ2) is 8.22. The third-order valence-corrected chi connectivity index (χ3v) is 3.26. The van der Waals surface area contributed by atoms with Crippen LogP contribution in [0.15, 0.2) is 60.8 Å². The number of morpholine rings is 1. The number of benzene rings is 1. The fraction of sp³-hybridized carbons (Fsp3) is 0.278. The van der Waals surface area contributed by atoms with Crippen LogP contribution in [0.3, 0.4) is 0 Å². The first kappa shape index (κ1) is 15.3. The molecule has 0 bridgehead atoms. The van der Waals surface area contributed by atoms with Crippen molar-refractivity contribution in [1.29, 1.82) is 0 Å². The highest BCUT2D eigenvalue weighted by atomic mass is 16.5. The molecule has 0 saturated carbocycles. The van der Waals surface area contributed by atoms with Gasteiger partial charge in [0.2, 0.25) is 0 Å². The van der Waals surface area contributed by atoms with E-state index < -0.39 is 0 Å². The van der Waals surface area contributed by atoms with E-state index >= 15 is 0 Å². The molecule has 3 nitrogen and oxygen atoms in total. The van der Waals surface area contributed by atoms with Crippen molar-refractivity contribution in [3.8, 4) is 0 Å². The Morgan fingerprint density at radius 2 is 1.71 bits per heavy atom. The van der Waals surface area contributed by atoms with Crippen molar-refractivity contribution >= 4 is 5.78 Å². The van der Waals surface area contributed by atoms with Gasteiger partial charge in [-0.05, 0) is 25.3 Å². The van der Waals surface area contributed by atoms with Crippen molar-refractivity contribution in [2.75, 3.05) is 26.3 Å². The Morgan fingerprint density at radius 1 is 1.05 bits per heavy atom. The predicted molar refractivity (Wildman–Crippen MR) is 85.3 cm³/mol. The molecule has 3 heteroatoms. The molecule has 0 aromatic heterocycles. The summed E-state index contributed by atoms with van der Waals surface area (Å²) in [6.07, 6.45) is 11.2. The molecule has 110 valence electrons. The Morgan fingerprint density at radius 3 is 2.43 bits per heavy atom. The van der Waals surface area contributed by atoms with E-state index in [0.29, 0.717) is 5.56 Å². The maximum absolute atomic E-state index is 11.9. The topological polar surface area (TPSA) is 29.5 Å². The summed E-state index contributed by atoms with van der Waals surface area (Å²) in [6.45, 7) is 5.46. The van der Waals surface area contributed by atoms with Gasteiger partial charge >= 0.3 is 0 Å². The van der Waals surface area contributed by atoms with Crippen LogP contribution in [-0.4, -0.2) is 37.0 Å². The first-order valence-electron chi connectivity index (χ1n) is 7.20. The molecule has 0 unspecified atom stereocenters. The third-order valence-electron chi connectivity index (χ3n) is 3.26. The van der Waals surface area contributed by atoms with E-state index in [2.05, 4.69) is 11.1 Å². The molecule has 0 atom stereocenters. The molecule has 0 spiro atoms. The van der Waals surface area contributed by atoms with Gasteiger partial charge in [0.05, 0.1) is 13.2 Å². The largest absolute Gasteiger partial charge is 0.378 e. The minimum atomic E-state index is 0.0248. The van der Waals surface area contributed by atoms with E-state index in [9.17, 15) is 4.79 Å². The third kappa shape index (κ3) is 5.40. The van der Waals surface area contributed by atoms with E-state index in [1.165, 1.54) is 0 Å². The average Bonchev–Trinajstić information content (AvgIpc) is 2.52. The average molecular weight is 283 g/mol. The fourth-order valence-electron chi connectivity index (χ4n) is 1.98. The minimum Gasteiger partial charge on any atom is -0.378 e. The lowest BCUT2D eigenvalue weighted by Gasteiger charge is -2.24. The second-order valence-electron chi connectivity index (χ2n) is 4.96. The van der Waals surface area contributed by atoms with Crippen LogP contribution < -0.4 is 0 Å². The van der Waals surface area contributed by atoms with Crippen molar-refractivity contribution in [2.24, 2.45) is 0 Å². The molecule has 1 aromatic rings. The molecular weight excluding hydrogens is 262 g/mol. The Bertz CT molecular complexity index is 535. The number of hydrogen-bond donors (Lipinski definition) is 0. The zero-order valence-electron chi connectivity index (χ0n) is 12.4. The van der Waals surface area contributed by atoms with Crippen LogP contribution in [0.2, 0.25) is 0 Å². The zero-order chi connectivity index (χ0) is 14.9. The molecule has 21 heavy (non-hydrogen) atoms. The van der Waals surface area contributed by atoms with Crippen LogP contribution in [0.25, 0.3) is 0 Å². The van der Waals surface area contributed by atoms with Gasteiger partial charge in [-0.2, -0.15) is 0 Å². The Balaban J connectivity index is 1.78. The Labute approximate surface area is 126 Å². The molecule has 0 N–H and O–H groups in total. The Kier molecular flexibility index (Phi) is 5.98. The molecule has 1 aromatic carbocycles. The van der Waals surface area contributed by atoms with Gasteiger partial charge in [-0.15, -0.1) is 0 Å². The summed E-state index contributed by atoms with van der Waals surface area (Å²) in [5.41, 5.74) is 1.87. The van der Waals surface area contributed by atoms with Crippen LogP contribution in [0.4, 0.5) is 0 Å². The van der Waals surface area contributed by atoms with Crippen molar-refractivity contribution in [3.05, 3.63) is 72.0 Å². The molecule has 0 radical (unpaired) electrons. The molecular formula is C18H21NO2. The van der Waals surface area contributed by atoms with Gasteiger partial charge in [-0.25, -0.2) is 0 Å². The van der Waals surface area contributed by atoms with Crippen LogP contribution in [0.1, 0.15) is 15.9 Å². The first-order valence-corrected chi connectivity index (χ1v) is 7.20. The monoisotopic (exact) mass is 283 g/mol. The standard InChI is InChI=1S/C18H21NO2/c1-16-7-9-17(10-8-16)18(20)6-4-2-3-5-11-19-12-14-21-15-13-19/h2-11H,12-15H2,1H3. The first-order chi connectivity index (χ1) is 10.3. The number of rotatable bonds is 5. The molecule has 1 fully saturated rings. The van der Waals surface area contributed by atoms with E-state index in [1.54, 1.807) is 12.2 Å². The summed E-state index contributed by atoms with van der Waals surface area (Å²) in [5, 5.41) is 0. The molecule has 1 saturated heterocycles. The highest BCUT2D eigenvalue weighted by Gasteiger charge is 2.04. The lowest BCUT2D eigenvalue weighted by molar-refractivity contribution is 0.0594. The van der Waals surface area contributed by atoms with Crippen LogP contribution >= 0.6 is 0 Å². The number of aryl methyl sites for hydroxylation is 1. The van der Waals surface area contributed by atoms with E-state index in [0.717, 1.165) is 31.9 Å². The maximum atomic E-state index is 11.9. The van der Waals surface area contributed by atoms with Gasteiger partial charge < -0.3 is 9.64 Å². The van der Waals surface area contributed by atoms with Gasteiger partial charge in [-0.3, -0.25) is 4.79 Å². The number of carbonyl (C=O) groups is 1. The number of carbonyl (C=O) groups excluding carboxylic acids is 1. The van der Waals surface area contributed by atoms with E-state index in [4.69, 9.17) is 4.74 Å². The highest BCUT2D eigenvalue weighted by molar-refractivity contribution is 6.04. The Hall–Kier alpha value is -2.13. The molecule has 1 heterocycles. The van der Waals surface area contributed by atoms with Gasteiger partial charge in [0.25, 0.3) is 0 Å².